The zero-order valence-electron chi connectivity index (χ0n) is 22.6. The zero-order valence-corrected chi connectivity index (χ0v) is 22.6. The molecule has 2 aliphatic rings. The molecule has 1 aliphatic carbocycles. The van der Waals surface area contributed by atoms with Gasteiger partial charge in [-0.3, -0.25) is 9.36 Å². The van der Waals surface area contributed by atoms with Crippen molar-refractivity contribution in [1.82, 2.24) is 19.9 Å². The minimum Gasteiger partial charge on any atom is -0.341 e. The fraction of sp³-hybridized carbons (Fsp3) is 0.406. The van der Waals surface area contributed by atoms with Crippen LogP contribution in [0.3, 0.4) is 0 Å². The lowest BCUT2D eigenvalue weighted by Crippen LogP contribution is -2.43. The van der Waals surface area contributed by atoms with Crippen LogP contribution in [0.15, 0.2) is 65.6 Å². The topological polar surface area (TPSA) is 63.1 Å². The van der Waals surface area contributed by atoms with Gasteiger partial charge in [0, 0.05) is 42.8 Å². The second-order valence-electron chi connectivity index (χ2n) is 11.0. The number of piperidine rings is 1. The van der Waals surface area contributed by atoms with Crippen molar-refractivity contribution in [3.05, 3.63) is 88.1 Å². The largest absolute Gasteiger partial charge is 0.341 e. The van der Waals surface area contributed by atoms with Crippen LogP contribution in [-0.4, -0.2) is 40.2 Å². The lowest BCUT2D eigenvalue weighted by atomic mass is 10.0. The van der Waals surface area contributed by atoms with E-state index in [-0.39, 0.29) is 17.4 Å². The first-order chi connectivity index (χ1) is 19.1. The van der Waals surface area contributed by atoms with Gasteiger partial charge < -0.3 is 10.2 Å². The Morgan fingerprint density at radius 1 is 1.00 bits per heavy atom. The molecule has 6 rings (SSSR count). The number of fused-ring (bicyclic) bond motifs is 1. The number of nitrogens with one attached hydrogen (secondary N) is 1. The molecular weight excluding hydrogens is 489 g/mol. The normalized spacial score (nSPS) is 16.8. The molecule has 6 nitrogen and oxygen atoms in total. The number of hydrogen-bond acceptors (Lipinski definition) is 5. The number of aromatic nitrogens is 3. The first-order valence-electron chi connectivity index (χ1n) is 14.3. The van der Waals surface area contributed by atoms with E-state index in [0.29, 0.717) is 34.3 Å². The summed E-state index contributed by atoms with van der Waals surface area (Å²) in [6, 6.07) is 18.0. The van der Waals surface area contributed by atoms with Crippen molar-refractivity contribution < 1.29 is 4.39 Å². The van der Waals surface area contributed by atoms with E-state index in [1.165, 1.54) is 11.6 Å². The Hall–Kier alpha value is -3.58. The average molecular weight is 526 g/mol. The van der Waals surface area contributed by atoms with Gasteiger partial charge in [-0.2, -0.15) is 4.98 Å². The van der Waals surface area contributed by atoms with Crippen LogP contribution in [0.1, 0.15) is 55.7 Å². The lowest BCUT2D eigenvalue weighted by Gasteiger charge is -2.32. The molecule has 1 saturated carbocycles. The summed E-state index contributed by atoms with van der Waals surface area (Å²) in [7, 11) is 0. The molecule has 7 heteroatoms. The lowest BCUT2D eigenvalue weighted by molar-refractivity contribution is 0.415. The van der Waals surface area contributed by atoms with Gasteiger partial charge in [0.1, 0.15) is 11.5 Å². The third kappa shape index (κ3) is 5.46. The Kier molecular flexibility index (Phi) is 7.42. The maximum Gasteiger partial charge on any atom is 0.253 e. The molecule has 1 aliphatic heterocycles. The molecule has 0 amide bonds. The number of aryl methyl sites for hydroxylation is 1. The SMILES string of the molecule is Cc1ccc(-c2cc(=O)n(C3CCCC3)c3nc(N4CCC(NCCc5ccccc5)CC4)ncc23)cc1F. The molecule has 2 aromatic heterocycles. The number of halogens is 1. The van der Waals surface area contributed by atoms with E-state index in [1.807, 2.05) is 16.8 Å². The fourth-order valence-corrected chi connectivity index (χ4v) is 6.13. The molecule has 0 radical (unpaired) electrons. The third-order valence-electron chi connectivity index (χ3n) is 8.42. The number of anilines is 1. The van der Waals surface area contributed by atoms with Crippen molar-refractivity contribution in [3.8, 4) is 11.1 Å². The first-order valence-corrected chi connectivity index (χ1v) is 14.3. The quantitative estimate of drug-likeness (QED) is 0.329. The number of benzene rings is 2. The fourth-order valence-electron chi connectivity index (χ4n) is 6.13. The van der Waals surface area contributed by atoms with Crippen LogP contribution in [0.2, 0.25) is 0 Å². The van der Waals surface area contributed by atoms with E-state index in [1.54, 1.807) is 19.1 Å². The smallest absolute Gasteiger partial charge is 0.253 e. The molecule has 0 bridgehead atoms. The van der Waals surface area contributed by atoms with E-state index >= 15 is 0 Å². The highest BCUT2D eigenvalue weighted by molar-refractivity contribution is 5.92. The van der Waals surface area contributed by atoms with Gasteiger partial charge in [-0.05, 0) is 73.9 Å². The van der Waals surface area contributed by atoms with E-state index in [2.05, 4.69) is 40.5 Å². The molecule has 0 atom stereocenters. The maximum atomic E-state index is 14.5. The molecular formula is C32H36FN5O. The maximum absolute atomic E-state index is 14.5. The second kappa shape index (κ2) is 11.3. The van der Waals surface area contributed by atoms with Gasteiger partial charge in [-0.25, -0.2) is 9.37 Å². The standard InChI is InChI=1S/C32H36FN5O/c1-22-11-12-24(19-29(22)33)27-20-30(39)38(26-9-5-6-10-26)31-28(27)21-35-32(36-31)37-17-14-25(15-18-37)34-16-13-23-7-3-2-4-8-23/h2-4,7-8,11-12,19-21,25-26,34H,5-6,9-10,13-18H2,1H3. The zero-order chi connectivity index (χ0) is 26.8. The molecule has 0 spiro atoms. The molecule has 2 fully saturated rings. The Morgan fingerprint density at radius 2 is 1.77 bits per heavy atom. The van der Waals surface area contributed by atoms with Crippen LogP contribution < -0.4 is 15.8 Å². The summed E-state index contributed by atoms with van der Waals surface area (Å²) >= 11 is 0. The van der Waals surface area contributed by atoms with Gasteiger partial charge in [0.25, 0.3) is 5.56 Å². The van der Waals surface area contributed by atoms with Crippen LogP contribution >= 0.6 is 0 Å². The highest BCUT2D eigenvalue weighted by atomic mass is 19.1. The van der Waals surface area contributed by atoms with E-state index in [4.69, 9.17) is 9.97 Å². The van der Waals surface area contributed by atoms with Crippen LogP contribution in [0.5, 0.6) is 0 Å². The number of hydrogen-bond donors (Lipinski definition) is 1. The van der Waals surface area contributed by atoms with Crippen molar-refractivity contribution >= 4 is 17.0 Å². The molecule has 1 saturated heterocycles. The number of rotatable bonds is 7. The molecule has 1 N–H and O–H groups in total. The van der Waals surface area contributed by atoms with Crippen molar-refractivity contribution in [2.45, 2.75) is 64.0 Å². The van der Waals surface area contributed by atoms with Crippen LogP contribution in [0.25, 0.3) is 22.2 Å². The molecule has 4 aromatic rings. The van der Waals surface area contributed by atoms with Gasteiger partial charge in [0.15, 0.2) is 0 Å². The predicted octanol–water partition coefficient (Wildman–Crippen LogP) is 5.82. The van der Waals surface area contributed by atoms with Crippen LogP contribution in [0, 0.1) is 12.7 Å². The highest BCUT2D eigenvalue weighted by Gasteiger charge is 2.25. The Labute approximate surface area is 228 Å². The minimum atomic E-state index is -0.279. The van der Waals surface area contributed by atoms with Gasteiger partial charge in [-0.15, -0.1) is 0 Å². The number of pyridine rings is 1. The van der Waals surface area contributed by atoms with E-state index < -0.39 is 0 Å². The highest BCUT2D eigenvalue weighted by Crippen LogP contribution is 2.34. The summed E-state index contributed by atoms with van der Waals surface area (Å²) in [6.07, 6.45) is 9.10. The Balaban J connectivity index is 1.25. The van der Waals surface area contributed by atoms with E-state index in [9.17, 15) is 9.18 Å². The molecule has 202 valence electrons. The van der Waals surface area contributed by atoms with Gasteiger partial charge in [0.2, 0.25) is 5.95 Å². The summed E-state index contributed by atoms with van der Waals surface area (Å²) in [4.78, 5) is 25.5. The van der Waals surface area contributed by atoms with E-state index in [0.717, 1.165) is 70.0 Å². The second-order valence-corrected chi connectivity index (χ2v) is 11.0. The average Bonchev–Trinajstić information content (AvgIpc) is 3.49. The Bertz CT molecular complexity index is 1500. The summed E-state index contributed by atoms with van der Waals surface area (Å²) in [5.41, 5.74) is 3.90. The van der Waals surface area contributed by atoms with Crippen molar-refractivity contribution in [1.29, 1.82) is 0 Å². The van der Waals surface area contributed by atoms with Crippen molar-refractivity contribution in [2.24, 2.45) is 0 Å². The third-order valence-corrected chi connectivity index (χ3v) is 8.42. The van der Waals surface area contributed by atoms with Gasteiger partial charge >= 0.3 is 0 Å². The predicted molar refractivity (Wildman–Crippen MR) is 155 cm³/mol. The summed E-state index contributed by atoms with van der Waals surface area (Å²) in [5.74, 6) is 0.391. The summed E-state index contributed by atoms with van der Waals surface area (Å²) in [6.45, 7) is 4.44. The first kappa shape index (κ1) is 25.7. The van der Waals surface area contributed by atoms with Crippen molar-refractivity contribution in [2.75, 3.05) is 24.5 Å². The van der Waals surface area contributed by atoms with Gasteiger partial charge in [-0.1, -0.05) is 55.3 Å². The molecule has 0 unspecified atom stereocenters. The minimum absolute atomic E-state index is 0.0728. The summed E-state index contributed by atoms with van der Waals surface area (Å²) in [5, 5.41) is 4.51. The van der Waals surface area contributed by atoms with Crippen molar-refractivity contribution in [3.63, 3.8) is 0 Å². The monoisotopic (exact) mass is 525 g/mol. The van der Waals surface area contributed by atoms with Crippen LogP contribution in [-0.2, 0) is 6.42 Å². The summed E-state index contributed by atoms with van der Waals surface area (Å²) < 4.78 is 16.3. The van der Waals surface area contributed by atoms with Gasteiger partial charge in [0.05, 0.1) is 0 Å². The Morgan fingerprint density at radius 3 is 2.51 bits per heavy atom. The molecule has 3 heterocycles. The molecule has 39 heavy (non-hydrogen) atoms. The van der Waals surface area contributed by atoms with Crippen LogP contribution in [0.4, 0.5) is 10.3 Å². The number of nitrogens with zero attached hydrogens (tertiary/aromatic N) is 4. The molecule has 2 aromatic carbocycles.